The van der Waals surface area contributed by atoms with Crippen LogP contribution >= 0.6 is 0 Å². The third kappa shape index (κ3) is 7.81. The van der Waals surface area contributed by atoms with Crippen LogP contribution in [0.15, 0.2) is 35.5 Å². The molecule has 3 aliphatic rings. The monoisotopic (exact) mass is 616 g/mol. The van der Waals surface area contributed by atoms with Gasteiger partial charge in [0.1, 0.15) is 0 Å². The molecule has 6 heteroatoms. The van der Waals surface area contributed by atoms with E-state index in [0.717, 1.165) is 18.4 Å². The molecule has 3 fully saturated rings. The first kappa shape index (κ1) is 35.5. The highest BCUT2D eigenvalue weighted by Crippen LogP contribution is 2.59. The van der Waals surface area contributed by atoms with Crippen molar-refractivity contribution >= 4 is 22.6 Å². The van der Waals surface area contributed by atoms with E-state index in [9.17, 15) is 4.79 Å². The zero-order chi connectivity index (χ0) is 31.9. The summed E-state index contributed by atoms with van der Waals surface area (Å²) in [6.07, 6.45) is 12.9. The van der Waals surface area contributed by atoms with Crippen LogP contribution in [0.1, 0.15) is 107 Å². The molecule has 0 aromatic rings. The molecule has 3 rings (SSSR count). The average Bonchev–Trinajstić information content (AvgIpc) is 3.19. The Labute approximate surface area is 261 Å². The maximum atomic E-state index is 11.5. The molecular weight excluding hydrogens is 553 g/mol. The normalized spacial score (nSPS) is 31.2. The van der Waals surface area contributed by atoms with Gasteiger partial charge in [0.2, 0.25) is 0 Å². The van der Waals surface area contributed by atoms with Crippen LogP contribution in [0.5, 0.6) is 0 Å². The van der Waals surface area contributed by atoms with Crippen molar-refractivity contribution in [3.05, 3.63) is 35.5 Å². The Kier molecular flexibility index (Phi) is 10.8. The second-order valence-electron chi connectivity index (χ2n) is 17.2. The lowest BCUT2D eigenvalue weighted by molar-refractivity contribution is -0.143. The highest BCUT2D eigenvalue weighted by atomic mass is 28.4. The van der Waals surface area contributed by atoms with Gasteiger partial charge in [-0.25, -0.2) is 0 Å². The predicted octanol–water partition coefficient (Wildman–Crippen LogP) is 10.4. The summed E-state index contributed by atoms with van der Waals surface area (Å²) in [5, 5.41) is 0.287. The van der Waals surface area contributed by atoms with Crippen LogP contribution in [0, 0.1) is 23.2 Å². The summed E-state index contributed by atoms with van der Waals surface area (Å²) in [6.45, 7) is 34.8. The maximum absolute atomic E-state index is 11.5. The summed E-state index contributed by atoms with van der Waals surface area (Å²) < 4.78 is 19.5. The number of fused-ring (bicyclic) bond motifs is 1. The Hall–Kier alpha value is -0.956. The van der Waals surface area contributed by atoms with E-state index in [4.69, 9.17) is 13.6 Å². The van der Waals surface area contributed by atoms with Gasteiger partial charge in [-0.1, -0.05) is 85.3 Å². The predicted molar refractivity (Wildman–Crippen MR) is 183 cm³/mol. The summed E-state index contributed by atoms with van der Waals surface area (Å²) in [7, 11) is -3.97. The van der Waals surface area contributed by atoms with Gasteiger partial charge >= 0.3 is 5.97 Å². The Morgan fingerprint density at radius 2 is 1.50 bits per heavy atom. The summed E-state index contributed by atoms with van der Waals surface area (Å²) in [5.41, 5.74) is 4.48. The molecule has 0 aliphatic heterocycles. The number of rotatable bonds is 8. The number of carbonyl (C=O) groups is 1. The molecule has 3 aliphatic carbocycles. The van der Waals surface area contributed by atoms with Crippen molar-refractivity contribution in [3.8, 4) is 0 Å². The van der Waals surface area contributed by atoms with Crippen LogP contribution in [-0.4, -0.2) is 41.4 Å². The van der Waals surface area contributed by atoms with Crippen LogP contribution in [0.3, 0.4) is 0 Å². The minimum atomic E-state index is -1.98. The van der Waals surface area contributed by atoms with E-state index in [1.807, 2.05) is 0 Å². The molecule has 240 valence electrons. The average molecular weight is 617 g/mol. The van der Waals surface area contributed by atoms with E-state index in [2.05, 4.69) is 100 Å². The topological polar surface area (TPSA) is 44.8 Å². The Bertz CT molecular complexity index is 1020. The number of hydrogen-bond donors (Lipinski definition) is 0. The highest BCUT2D eigenvalue weighted by Gasteiger charge is 2.51. The first-order valence-electron chi connectivity index (χ1n) is 16.7. The lowest BCUT2D eigenvalue weighted by Gasteiger charge is -2.46. The number of esters is 1. The van der Waals surface area contributed by atoms with E-state index in [1.165, 1.54) is 44.6 Å². The molecule has 0 aromatic carbocycles. The van der Waals surface area contributed by atoms with E-state index in [1.54, 1.807) is 5.57 Å². The molecule has 0 saturated heterocycles. The number of allylic oxidation sites excluding steroid dienone is 3. The zero-order valence-corrected chi connectivity index (χ0v) is 31.5. The van der Waals surface area contributed by atoms with Gasteiger partial charge < -0.3 is 13.6 Å². The number of ether oxygens (including phenoxy) is 1. The molecule has 0 N–H and O–H groups in total. The first-order chi connectivity index (χ1) is 19.1. The van der Waals surface area contributed by atoms with Crippen molar-refractivity contribution in [1.29, 1.82) is 0 Å². The van der Waals surface area contributed by atoms with Crippen molar-refractivity contribution in [2.45, 2.75) is 156 Å². The fraction of sp³-hybridized carbons (Fsp3) is 0.806. The van der Waals surface area contributed by atoms with Gasteiger partial charge in [-0.3, -0.25) is 4.79 Å². The van der Waals surface area contributed by atoms with Crippen molar-refractivity contribution in [1.82, 2.24) is 0 Å². The van der Waals surface area contributed by atoms with Gasteiger partial charge in [0.05, 0.1) is 18.8 Å². The van der Waals surface area contributed by atoms with Crippen molar-refractivity contribution in [2.24, 2.45) is 23.2 Å². The third-order valence-corrected chi connectivity index (χ3v) is 21.0. The fourth-order valence-electron chi connectivity index (χ4n) is 7.27. The van der Waals surface area contributed by atoms with E-state index < -0.39 is 16.6 Å². The number of carbonyl (C=O) groups excluding carboxylic acids is 1. The summed E-state index contributed by atoms with van der Waals surface area (Å²) in [5.74, 6) is 1.44. The van der Waals surface area contributed by atoms with Crippen LogP contribution in [-0.2, 0) is 18.4 Å². The van der Waals surface area contributed by atoms with Crippen LogP contribution < -0.4 is 0 Å². The molecule has 3 saturated carbocycles. The van der Waals surface area contributed by atoms with Gasteiger partial charge in [0.15, 0.2) is 16.6 Å². The second-order valence-corrected chi connectivity index (χ2v) is 26.7. The van der Waals surface area contributed by atoms with Crippen LogP contribution in [0.4, 0.5) is 0 Å². The molecule has 42 heavy (non-hydrogen) atoms. The molecule has 0 unspecified atom stereocenters. The quantitative estimate of drug-likeness (QED) is 0.155. The zero-order valence-electron chi connectivity index (χ0n) is 29.5. The van der Waals surface area contributed by atoms with Crippen molar-refractivity contribution in [2.75, 3.05) is 6.61 Å². The molecule has 0 spiro atoms. The van der Waals surface area contributed by atoms with Gasteiger partial charge in [-0.15, -0.1) is 0 Å². The molecule has 6 atom stereocenters. The van der Waals surface area contributed by atoms with E-state index in [-0.39, 0.29) is 33.7 Å². The fourth-order valence-corrected chi connectivity index (χ4v) is 9.87. The van der Waals surface area contributed by atoms with Crippen LogP contribution in [0.25, 0.3) is 0 Å². The van der Waals surface area contributed by atoms with E-state index in [0.29, 0.717) is 24.4 Å². The highest BCUT2D eigenvalue weighted by molar-refractivity contribution is 6.74. The molecule has 0 aromatic heterocycles. The second kappa shape index (κ2) is 12.8. The van der Waals surface area contributed by atoms with Crippen LogP contribution in [0.2, 0.25) is 36.3 Å². The minimum Gasteiger partial charge on any atom is -0.466 e. The smallest absolute Gasteiger partial charge is 0.302 e. The molecule has 4 nitrogen and oxygen atoms in total. The van der Waals surface area contributed by atoms with Gasteiger partial charge in [-0.05, 0) is 110 Å². The lowest BCUT2D eigenvalue weighted by Crippen LogP contribution is -2.49. The van der Waals surface area contributed by atoms with Gasteiger partial charge in [0, 0.05) is 6.92 Å². The van der Waals surface area contributed by atoms with E-state index >= 15 is 0 Å². The minimum absolute atomic E-state index is 0.00803. The van der Waals surface area contributed by atoms with Gasteiger partial charge in [0.25, 0.3) is 0 Å². The Morgan fingerprint density at radius 1 is 0.976 bits per heavy atom. The molecule has 0 amide bonds. The molecule has 0 heterocycles. The standard InChI is InChI=1S/C36H64O4Si2/c1-25(24-38-27(3)37)30-19-20-31-29(16-15-21-36(30,31)10)18-17-28-22-32(39-41(11,12)34(4,5)6)26(2)33(23-28)40-42(13,14)35(7,8)9/h17-18,25,30-33H,2,15-16,19-24H2,1,3-14H3/b29-18+/t25-,30-,31+,32-,33-,36-/m1/s1. The molecule has 0 radical (unpaired) electrons. The van der Waals surface area contributed by atoms with Crippen molar-refractivity contribution in [3.63, 3.8) is 0 Å². The third-order valence-electron chi connectivity index (χ3n) is 12.0. The lowest BCUT2D eigenvalue weighted by atomic mass is 9.61. The Balaban J connectivity index is 1.89. The first-order valence-corrected chi connectivity index (χ1v) is 22.5. The summed E-state index contributed by atoms with van der Waals surface area (Å²) in [6, 6.07) is 0. The SMILES string of the molecule is C=C1[C@H](O[Si](C)(C)C(C)(C)C)CC(=C/C=C2\CCC[C@]3(C)[C@@H]([C@H](C)COC(C)=O)CC[C@@H]23)C[C@H]1O[Si](C)(C)C(C)(C)C. The van der Waals surface area contributed by atoms with Crippen molar-refractivity contribution < 1.29 is 18.4 Å². The summed E-state index contributed by atoms with van der Waals surface area (Å²) in [4.78, 5) is 11.5. The molecule has 0 bridgehead atoms. The maximum Gasteiger partial charge on any atom is 0.302 e. The summed E-state index contributed by atoms with van der Waals surface area (Å²) >= 11 is 0. The largest absolute Gasteiger partial charge is 0.466 e. The Morgan fingerprint density at radius 3 is 1.98 bits per heavy atom. The number of hydrogen-bond acceptors (Lipinski definition) is 4. The van der Waals surface area contributed by atoms with Gasteiger partial charge in [-0.2, -0.15) is 0 Å². The molecular formula is C36H64O4Si2.